The molecule has 1 atom stereocenters. The molecule has 0 saturated heterocycles. The van der Waals surface area contributed by atoms with Gasteiger partial charge in [0.1, 0.15) is 5.92 Å². The molecule has 0 saturated carbocycles. The molecule has 1 aromatic heterocycles. The quantitative estimate of drug-likeness (QED) is 0.839. The summed E-state index contributed by atoms with van der Waals surface area (Å²) in [6.07, 6.45) is 2.47. The van der Waals surface area contributed by atoms with Gasteiger partial charge >= 0.3 is 5.97 Å². The third-order valence-corrected chi connectivity index (χ3v) is 3.04. The van der Waals surface area contributed by atoms with Crippen LogP contribution in [-0.4, -0.2) is 18.1 Å². The van der Waals surface area contributed by atoms with Crippen LogP contribution in [0.1, 0.15) is 22.7 Å². The van der Waals surface area contributed by atoms with Crippen LogP contribution in [0.2, 0.25) is 0 Å². The maximum absolute atomic E-state index is 11.8. The lowest BCUT2D eigenvalue weighted by molar-refractivity contribution is -0.142. The van der Waals surface area contributed by atoms with Crippen molar-refractivity contribution in [2.24, 2.45) is 0 Å². The van der Waals surface area contributed by atoms with E-state index in [1.807, 2.05) is 37.4 Å². The summed E-state index contributed by atoms with van der Waals surface area (Å²) >= 11 is 0. The minimum atomic E-state index is -0.271. The van der Waals surface area contributed by atoms with E-state index in [1.54, 1.807) is 0 Å². The fraction of sp³-hybridized carbons (Fsp3) is 0.267. The van der Waals surface area contributed by atoms with E-state index in [9.17, 15) is 4.79 Å². The zero-order valence-electron chi connectivity index (χ0n) is 10.6. The predicted octanol–water partition coefficient (Wildman–Crippen LogP) is 2.82. The van der Waals surface area contributed by atoms with Crippen molar-refractivity contribution >= 4 is 5.97 Å². The van der Waals surface area contributed by atoms with Gasteiger partial charge in [0.25, 0.3) is 0 Å². The first-order valence-corrected chi connectivity index (χ1v) is 5.97. The number of aromatic nitrogens is 1. The smallest absolute Gasteiger partial charge is 0.315 e. The highest BCUT2D eigenvalue weighted by atomic mass is 16.5. The van der Waals surface area contributed by atoms with Gasteiger partial charge in [-0.05, 0) is 31.0 Å². The van der Waals surface area contributed by atoms with E-state index < -0.39 is 0 Å². The summed E-state index contributed by atoms with van der Waals surface area (Å²) in [5.74, 6) is -0.481. The molecule has 0 aliphatic rings. The van der Waals surface area contributed by atoms with E-state index in [-0.39, 0.29) is 11.9 Å². The van der Waals surface area contributed by atoms with Gasteiger partial charge in [0.2, 0.25) is 0 Å². The molecule has 3 heteroatoms. The molecule has 1 unspecified atom stereocenters. The summed E-state index contributed by atoms with van der Waals surface area (Å²) in [6.45, 7) is 2.05. The van der Waals surface area contributed by atoms with Crippen molar-refractivity contribution in [1.82, 2.24) is 4.98 Å². The summed E-state index contributed by atoms with van der Waals surface area (Å²) in [5, 5.41) is 0. The second kappa shape index (κ2) is 5.54. The van der Waals surface area contributed by atoms with E-state index in [4.69, 9.17) is 4.74 Å². The van der Waals surface area contributed by atoms with Crippen molar-refractivity contribution in [2.45, 2.75) is 19.3 Å². The average Bonchev–Trinajstić information content (AvgIpc) is 2.91. The summed E-state index contributed by atoms with van der Waals surface area (Å²) in [6, 6.07) is 12.0. The van der Waals surface area contributed by atoms with Crippen LogP contribution in [-0.2, 0) is 16.0 Å². The van der Waals surface area contributed by atoms with E-state index in [0.717, 1.165) is 11.3 Å². The summed E-state index contributed by atoms with van der Waals surface area (Å²) in [7, 11) is 1.42. The molecule has 2 aromatic rings. The predicted molar refractivity (Wildman–Crippen MR) is 70.4 cm³/mol. The standard InChI is InChI=1S/C15H17NO2/c1-11-5-7-12(8-6-11)10-13(15(17)18-2)14-4-3-9-16-14/h3-9,13,16H,10H2,1-2H3. The first kappa shape index (κ1) is 12.4. The molecule has 94 valence electrons. The van der Waals surface area contributed by atoms with E-state index in [1.165, 1.54) is 12.7 Å². The Balaban J connectivity index is 2.20. The number of ether oxygens (including phenoxy) is 1. The Kier molecular flexibility index (Phi) is 3.82. The van der Waals surface area contributed by atoms with Gasteiger partial charge < -0.3 is 9.72 Å². The highest BCUT2D eigenvalue weighted by Gasteiger charge is 2.22. The molecular weight excluding hydrogens is 226 g/mol. The fourth-order valence-corrected chi connectivity index (χ4v) is 1.98. The molecule has 1 heterocycles. The van der Waals surface area contributed by atoms with Gasteiger partial charge in [-0.1, -0.05) is 29.8 Å². The van der Waals surface area contributed by atoms with Crippen LogP contribution in [0.15, 0.2) is 42.6 Å². The number of methoxy groups -OCH3 is 1. The second-order valence-electron chi connectivity index (χ2n) is 4.39. The monoisotopic (exact) mass is 243 g/mol. The topological polar surface area (TPSA) is 42.1 Å². The molecule has 0 bridgehead atoms. The number of rotatable bonds is 4. The first-order chi connectivity index (χ1) is 8.70. The summed E-state index contributed by atoms with van der Waals surface area (Å²) in [4.78, 5) is 14.9. The van der Waals surface area contributed by atoms with Gasteiger partial charge in [-0.15, -0.1) is 0 Å². The zero-order chi connectivity index (χ0) is 13.0. The largest absolute Gasteiger partial charge is 0.468 e. The Morgan fingerprint density at radius 1 is 1.28 bits per heavy atom. The number of H-pyrrole nitrogens is 1. The molecule has 0 radical (unpaired) electrons. The van der Waals surface area contributed by atoms with Crippen molar-refractivity contribution in [3.63, 3.8) is 0 Å². The number of aryl methyl sites for hydroxylation is 1. The molecule has 0 aliphatic carbocycles. The molecule has 2 rings (SSSR count). The van der Waals surface area contributed by atoms with Crippen molar-refractivity contribution in [2.75, 3.05) is 7.11 Å². The van der Waals surface area contributed by atoms with E-state index in [2.05, 4.69) is 17.1 Å². The normalized spacial score (nSPS) is 12.1. The van der Waals surface area contributed by atoms with Crippen molar-refractivity contribution < 1.29 is 9.53 Å². The Morgan fingerprint density at radius 2 is 2.00 bits per heavy atom. The van der Waals surface area contributed by atoms with Gasteiger partial charge in [-0.25, -0.2) is 0 Å². The number of benzene rings is 1. The van der Waals surface area contributed by atoms with Crippen LogP contribution in [0.25, 0.3) is 0 Å². The summed E-state index contributed by atoms with van der Waals surface area (Å²) in [5.41, 5.74) is 3.24. The SMILES string of the molecule is COC(=O)C(Cc1ccc(C)cc1)c1ccc[nH]1. The van der Waals surface area contributed by atoms with Crippen LogP contribution < -0.4 is 0 Å². The number of hydrogen-bond acceptors (Lipinski definition) is 2. The number of nitrogens with one attached hydrogen (secondary N) is 1. The van der Waals surface area contributed by atoms with Crippen molar-refractivity contribution in [3.05, 3.63) is 59.4 Å². The third-order valence-electron chi connectivity index (χ3n) is 3.04. The molecule has 0 aliphatic heterocycles. The van der Waals surface area contributed by atoms with Crippen LogP contribution in [0.4, 0.5) is 0 Å². The fourth-order valence-electron chi connectivity index (χ4n) is 1.98. The summed E-state index contributed by atoms with van der Waals surface area (Å²) < 4.78 is 4.87. The number of hydrogen-bond donors (Lipinski definition) is 1. The third kappa shape index (κ3) is 2.80. The Bertz CT molecular complexity index is 500. The average molecular weight is 243 g/mol. The molecule has 0 spiro atoms. The van der Waals surface area contributed by atoms with Gasteiger partial charge in [-0.3, -0.25) is 4.79 Å². The minimum absolute atomic E-state index is 0.210. The molecule has 1 N–H and O–H groups in total. The van der Waals surface area contributed by atoms with Crippen LogP contribution in [0, 0.1) is 6.92 Å². The maximum atomic E-state index is 11.8. The van der Waals surface area contributed by atoms with Gasteiger partial charge in [0.05, 0.1) is 7.11 Å². The molecule has 0 amide bonds. The van der Waals surface area contributed by atoms with Crippen molar-refractivity contribution in [3.8, 4) is 0 Å². The van der Waals surface area contributed by atoms with Crippen LogP contribution in [0.3, 0.4) is 0 Å². The number of carbonyl (C=O) groups excluding carboxylic acids is 1. The molecule has 18 heavy (non-hydrogen) atoms. The van der Waals surface area contributed by atoms with Crippen LogP contribution >= 0.6 is 0 Å². The van der Waals surface area contributed by atoms with Gasteiger partial charge in [-0.2, -0.15) is 0 Å². The minimum Gasteiger partial charge on any atom is -0.468 e. The molecule has 1 aromatic carbocycles. The van der Waals surface area contributed by atoms with Crippen molar-refractivity contribution in [1.29, 1.82) is 0 Å². The van der Waals surface area contributed by atoms with Crippen LogP contribution in [0.5, 0.6) is 0 Å². The number of aromatic amines is 1. The Labute approximate surface area is 107 Å². The maximum Gasteiger partial charge on any atom is 0.315 e. The number of carbonyl (C=O) groups is 1. The van der Waals surface area contributed by atoms with E-state index in [0.29, 0.717) is 6.42 Å². The molecule has 0 fully saturated rings. The first-order valence-electron chi connectivity index (χ1n) is 5.97. The molecule has 3 nitrogen and oxygen atoms in total. The Morgan fingerprint density at radius 3 is 2.56 bits per heavy atom. The number of esters is 1. The Hall–Kier alpha value is -2.03. The molecular formula is C15H17NO2. The highest BCUT2D eigenvalue weighted by molar-refractivity contribution is 5.77. The highest BCUT2D eigenvalue weighted by Crippen LogP contribution is 2.21. The lowest BCUT2D eigenvalue weighted by Crippen LogP contribution is -2.17. The lowest BCUT2D eigenvalue weighted by atomic mass is 9.96. The second-order valence-corrected chi connectivity index (χ2v) is 4.39. The lowest BCUT2D eigenvalue weighted by Gasteiger charge is -2.13. The van der Waals surface area contributed by atoms with Gasteiger partial charge in [0, 0.05) is 11.9 Å². The van der Waals surface area contributed by atoms with E-state index >= 15 is 0 Å². The zero-order valence-corrected chi connectivity index (χ0v) is 10.6. The van der Waals surface area contributed by atoms with Gasteiger partial charge in [0.15, 0.2) is 0 Å².